The average Bonchev–Trinajstić information content (AvgIpc) is 2.74. The van der Waals surface area contributed by atoms with Crippen LogP contribution in [0.15, 0.2) is 53.0 Å². The molecule has 0 aliphatic carbocycles. The van der Waals surface area contributed by atoms with Gasteiger partial charge in [-0.25, -0.2) is 4.79 Å². The van der Waals surface area contributed by atoms with Crippen molar-refractivity contribution in [2.24, 2.45) is 0 Å². The first kappa shape index (κ1) is 24.2. The number of nitrogens with one attached hydrogen (secondary N) is 1. The molecule has 160 valence electrons. The lowest BCUT2D eigenvalue weighted by atomic mass is 10.0. The van der Waals surface area contributed by atoms with Crippen molar-refractivity contribution in [2.45, 2.75) is 13.3 Å². The molecule has 2 aromatic carbocycles. The van der Waals surface area contributed by atoms with Crippen LogP contribution in [0, 0.1) is 18.3 Å². The van der Waals surface area contributed by atoms with Crippen molar-refractivity contribution in [3.8, 4) is 11.8 Å². The van der Waals surface area contributed by atoms with E-state index in [1.807, 2.05) is 6.07 Å². The summed E-state index contributed by atoms with van der Waals surface area (Å²) in [6.45, 7) is 5.26. The molecule has 0 saturated heterocycles. The summed E-state index contributed by atoms with van der Waals surface area (Å²) in [5.41, 5.74) is 2.47. The SMILES string of the molecule is C=CCc1cc(/C=C(/C#N)C(=O)Nc2cccc(Cl)c2C)cc(Br)c1OCC(=O)OC. The Labute approximate surface area is 194 Å². The molecular weight excluding hydrogens is 484 g/mol. The largest absolute Gasteiger partial charge is 0.480 e. The maximum Gasteiger partial charge on any atom is 0.343 e. The van der Waals surface area contributed by atoms with Crippen LogP contribution < -0.4 is 10.1 Å². The van der Waals surface area contributed by atoms with Gasteiger partial charge in [0, 0.05) is 10.7 Å². The van der Waals surface area contributed by atoms with E-state index < -0.39 is 11.9 Å². The number of halogens is 2. The number of nitrogens with zero attached hydrogens (tertiary/aromatic N) is 1. The number of rotatable bonds is 8. The van der Waals surface area contributed by atoms with Crippen molar-refractivity contribution in [3.63, 3.8) is 0 Å². The quantitative estimate of drug-likeness (QED) is 0.230. The van der Waals surface area contributed by atoms with Crippen molar-refractivity contribution < 1.29 is 19.1 Å². The van der Waals surface area contributed by atoms with Crippen molar-refractivity contribution >= 4 is 51.2 Å². The second-order valence-corrected chi connectivity index (χ2v) is 7.65. The van der Waals surface area contributed by atoms with Gasteiger partial charge in [-0.15, -0.1) is 6.58 Å². The van der Waals surface area contributed by atoms with E-state index in [0.29, 0.717) is 38.5 Å². The lowest BCUT2D eigenvalue weighted by Crippen LogP contribution is -2.14. The van der Waals surface area contributed by atoms with Crippen LogP contribution in [0.4, 0.5) is 5.69 Å². The Bertz CT molecular complexity index is 1090. The first-order valence-corrected chi connectivity index (χ1v) is 10.3. The van der Waals surface area contributed by atoms with Gasteiger partial charge in [0.15, 0.2) is 6.61 Å². The Morgan fingerprint density at radius 1 is 1.35 bits per heavy atom. The summed E-state index contributed by atoms with van der Waals surface area (Å²) in [5, 5.41) is 12.7. The molecule has 31 heavy (non-hydrogen) atoms. The second-order valence-electron chi connectivity index (χ2n) is 6.38. The smallest absolute Gasteiger partial charge is 0.343 e. The minimum atomic E-state index is -0.555. The predicted molar refractivity (Wildman–Crippen MR) is 124 cm³/mol. The third-order valence-electron chi connectivity index (χ3n) is 4.26. The summed E-state index contributed by atoms with van der Waals surface area (Å²) in [5.74, 6) is -0.611. The van der Waals surface area contributed by atoms with Crippen LogP contribution >= 0.6 is 27.5 Å². The van der Waals surface area contributed by atoms with Gasteiger partial charge in [-0.3, -0.25) is 4.79 Å². The standard InChI is InChI=1S/C23H20BrClN2O4/c1-4-6-16-9-15(11-18(24)22(16)31-13-21(28)30-3)10-17(12-26)23(29)27-20-8-5-7-19(25)14(20)2/h4-5,7-11H,1,6,13H2,2-3H3,(H,27,29)/b17-10-. The van der Waals surface area contributed by atoms with Gasteiger partial charge >= 0.3 is 5.97 Å². The Hall–Kier alpha value is -3.08. The van der Waals surface area contributed by atoms with Gasteiger partial charge < -0.3 is 14.8 Å². The molecule has 0 spiro atoms. The molecule has 1 amide bonds. The van der Waals surface area contributed by atoms with E-state index in [9.17, 15) is 14.9 Å². The van der Waals surface area contributed by atoms with Gasteiger partial charge in [-0.1, -0.05) is 23.7 Å². The molecular formula is C23H20BrClN2O4. The van der Waals surface area contributed by atoms with Crippen LogP contribution in [-0.2, 0) is 20.7 Å². The fourth-order valence-corrected chi connectivity index (χ4v) is 3.47. The van der Waals surface area contributed by atoms with E-state index in [0.717, 1.165) is 5.56 Å². The fraction of sp³-hybridized carbons (Fsp3) is 0.174. The summed E-state index contributed by atoms with van der Waals surface area (Å²) >= 11 is 9.51. The number of carbonyl (C=O) groups is 2. The lowest BCUT2D eigenvalue weighted by Gasteiger charge is -2.13. The number of allylic oxidation sites excluding steroid dienone is 1. The van der Waals surface area contributed by atoms with E-state index >= 15 is 0 Å². The number of nitriles is 1. The summed E-state index contributed by atoms with van der Waals surface area (Å²) in [4.78, 5) is 24.0. The first-order chi connectivity index (χ1) is 14.8. The van der Waals surface area contributed by atoms with Gasteiger partial charge in [-0.2, -0.15) is 5.26 Å². The van der Waals surface area contributed by atoms with Gasteiger partial charge in [0.25, 0.3) is 5.91 Å². The number of methoxy groups -OCH3 is 1. The van der Waals surface area contributed by atoms with Crippen molar-refractivity contribution in [1.82, 2.24) is 0 Å². The summed E-state index contributed by atoms with van der Waals surface area (Å²) in [6.07, 6.45) is 3.60. The highest BCUT2D eigenvalue weighted by atomic mass is 79.9. The van der Waals surface area contributed by atoms with Gasteiger partial charge in [0.2, 0.25) is 0 Å². The van der Waals surface area contributed by atoms with E-state index in [1.54, 1.807) is 43.3 Å². The Kier molecular flexibility index (Phi) is 8.86. The zero-order valence-electron chi connectivity index (χ0n) is 17.0. The number of benzene rings is 2. The third-order valence-corrected chi connectivity index (χ3v) is 5.26. The molecule has 0 heterocycles. The topological polar surface area (TPSA) is 88.4 Å². The zero-order valence-corrected chi connectivity index (χ0v) is 19.3. The molecule has 0 saturated carbocycles. The van der Waals surface area contributed by atoms with Crippen LogP contribution in [0.1, 0.15) is 16.7 Å². The van der Waals surface area contributed by atoms with E-state index in [2.05, 4.69) is 32.6 Å². The Morgan fingerprint density at radius 3 is 2.74 bits per heavy atom. The molecule has 6 nitrogen and oxygen atoms in total. The number of hydrogen-bond acceptors (Lipinski definition) is 5. The van der Waals surface area contributed by atoms with Crippen LogP contribution in [0.5, 0.6) is 5.75 Å². The molecule has 8 heteroatoms. The fourth-order valence-electron chi connectivity index (χ4n) is 2.66. The normalized spacial score (nSPS) is 10.7. The number of carbonyl (C=O) groups excluding carboxylic acids is 2. The van der Waals surface area contributed by atoms with Crippen LogP contribution in [0.25, 0.3) is 6.08 Å². The van der Waals surface area contributed by atoms with Gasteiger partial charge in [0.05, 0.1) is 11.6 Å². The molecule has 0 atom stereocenters. The van der Waals surface area contributed by atoms with Gasteiger partial charge in [-0.05, 0) is 76.3 Å². The van der Waals surface area contributed by atoms with Crippen LogP contribution in [-0.4, -0.2) is 25.6 Å². The maximum absolute atomic E-state index is 12.6. The number of amides is 1. The van der Waals surface area contributed by atoms with Crippen LogP contribution in [0.2, 0.25) is 5.02 Å². The van der Waals surface area contributed by atoms with E-state index in [4.69, 9.17) is 16.3 Å². The number of esters is 1. The van der Waals surface area contributed by atoms with Crippen molar-refractivity contribution in [2.75, 3.05) is 19.0 Å². The molecule has 0 aliphatic rings. The molecule has 2 aromatic rings. The monoisotopic (exact) mass is 502 g/mol. The highest BCUT2D eigenvalue weighted by molar-refractivity contribution is 9.10. The second kappa shape index (κ2) is 11.3. The zero-order chi connectivity index (χ0) is 23.0. The minimum absolute atomic E-state index is 0.0842. The minimum Gasteiger partial charge on any atom is -0.480 e. The Balaban J connectivity index is 2.35. The number of anilines is 1. The van der Waals surface area contributed by atoms with Gasteiger partial charge in [0.1, 0.15) is 17.4 Å². The summed E-state index contributed by atoms with van der Waals surface area (Å²) in [7, 11) is 1.28. The molecule has 2 rings (SSSR count). The molecule has 0 aliphatic heterocycles. The van der Waals surface area contributed by atoms with Crippen LogP contribution in [0.3, 0.4) is 0 Å². The summed E-state index contributed by atoms with van der Waals surface area (Å²) in [6, 6.07) is 10.5. The van der Waals surface area contributed by atoms with Crippen molar-refractivity contribution in [3.05, 3.63) is 74.7 Å². The molecule has 0 aromatic heterocycles. The lowest BCUT2D eigenvalue weighted by molar-refractivity contribution is -0.142. The predicted octanol–water partition coefficient (Wildman–Crippen LogP) is 5.24. The summed E-state index contributed by atoms with van der Waals surface area (Å²) < 4.78 is 10.7. The van der Waals surface area contributed by atoms with Crippen molar-refractivity contribution in [1.29, 1.82) is 5.26 Å². The highest BCUT2D eigenvalue weighted by Gasteiger charge is 2.15. The average molecular weight is 504 g/mol. The number of ether oxygens (including phenoxy) is 2. The Morgan fingerprint density at radius 2 is 2.10 bits per heavy atom. The third kappa shape index (κ3) is 6.45. The maximum atomic E-state index is 12.6. The first-order valence-electron chi connectivity index (χ1n) is 9.11. The molecule has 1 N–H and O–H groups in total. The number of hydrogen-bond donors (Lipinski definition) is 1. The molecule has 0 fully saturated rings. The molecule has 0 unspecified atom stereocenters. The van der Waals surface area contributed by atoms with E-state index in [-0.39, 0.29) is 12.2 Å². The molecule has 0 radical (unpaired) electrons. The molecule has 0 bridgehead atoms. The highest BCUT2D eigenvalue weighted by Crippen LogP contribution is 2.32. The van der Waals surface area contributed by atoms with E-state index in [1.165, 1.54) is 13.2 Å².